The molecule has 0 radical (unpaired) electrons. The lowest BCUT2D eigenvalue weighted by atomic mass is 9.93. The van der Waals surface area contributed by atoms with Gasteiger partial charge in [0.25, 0.3) is 5.91 Å². The average Bonchev–Trinajstić information content (AvgIpc) is 3.08. The van der Waals surface area contributed by atoms with Crippen molar-refractivity contribution in [3.8, 4) is 0 Å². The van der Waals surface area contributed by atoms with Gasteiger partial charge in [0.2, 0.25) is 5.91 Å². The van der Waals surface area contributed by atoms with E-state index >= 15 is 0 Å². The highest BCUT2D eigenvalue weighted by molar-refractivity contribution is 7.17. The molecule has 1 aliphatic rings. The number of hydrogen-bond donors (Lipinski definition) is 1. The number of anilines is 1. The number of halogens is 2. The molecule has 2 aromatic rings. The molecule has 0 unspecified atom stereocenters. The van der Waals surface area contributed by atoms with Gasteiger partial charge in [-0.3, -0.25) is 9.59 Å². The molecule has 1 N–H and O–H groups in total. The quantitative estimate of drug-likeness (QED) is 0.746. The zero-order valence-corrected chi connectivity index (χ0v) is 16.7. The van der Waals surface area contributed by atoms with E-state index in [-0.39, 0.29) is 17.6 Å². The summed E-state index contributed by atoms with van der Waals surface area (Å²) in [6, 6.07) is 7.82. The van der Waals surface area contributed by atoms with Crippen LogP contribution in [0.25, 0.3) is 0 Å². The number of carbonyl (C=O) groups excluding carboxylic acids is 2. The summed E-state index contributed by atoms with van der Waals surface area (Å²) in [6.45, 7) is 3.17. The van der Waals surface area contributed by atoms with Crippen LogP contribution in [0.4, 0.5) is 10.1 Å². The van der Waals surface area contributed by atoms with Crippen LogP contribution >= 0.6 is 22.9 Å². The van der Waals surface area contributed by atoms with Crippen LogP contribution in [0.1, 0.15) is 40.9 Å². The maximum Gasteiger partial charge on any atom is 0.263 e. The molecular weight excluding hydrogens is 387 g/mol. The third kappa shape index (κ3) is 5.30. The molecule has 1 aromatic heterocycles. The van der Waals surface area contributed by atoms with Crippen molar-refractivity contribution in [2.45, 2.75) is 32.6 Å². The van der Waals surface area contributed by atoms with Gasteiger partial charge in [-0.2, -0.15) is 0 Å². The van der Waals surface area contributed by atoms with Crippen molar-refractivity contribution < 1.29 is 14.0 Å². The van der Waals surface area contributed by atoms with Crippen LogP contribution in [0.15, 0.2) is 30.3 Å². The third-order valence-corrected chi connectivity index (χ3v) is 6.05. The van der Waals surface area contributed by atoms with Crippen LogP contribution in [-0.4, -0.2) is 29.8 Å². The van der Waals surface area contributed by atoms with E-state index in [0.29, 0.717) is 39.3 Å². The first kappa shape index (κ1) is 19.8. The standard InChI is InChI=1S/C20H22ClFN2O2S/c1-13-11-15(22)5-6-16(13)23-19(25)9-4-14-3-2-10-24(12-14)20(26)17-7-8-18(21)27-17/h5-8,11,14H,2-4,9-10,12H2,1H3,(H,23,25)/t14-/m0/s1. The number of rotatable bonds is 5. The number of nitrogens with one attached hydrogen (secondary N) is 1. The number of likely N-dealkylation sites (tertiary alicyclic amines) is 1. The van der Waals surface area contributed by atoms with Crippen LogP contribution in [0.2, 0.25) is 4.34 Å². The van der Waals surface area contributed by atoms with E-state index in [1.54, 1.807) is 25.1 Å². The van der Waals surface area contributed by atoms with Crippen LogP contribution in [-0.2, 0) is 4.79 Å². The highest BCUT2D eigenvalue weighted by Gasteiger charge is 2.25. The predicted octanol–water partition coefficient (Wildman–Crippen LogP) is 5.12. The van der Waals surface area contributed by atoms with Crippen molar-refractivity contribution in [2.75, 3.05) is 18.4 Å². The molecule has 2 heterocycles. The Labute approximate surface area is 167 Å². The van der Waals surface area contributed by atoms with Gasteiger partial charge < -0.3 is 10.2 Å². The molecule has 144 valence electrons. The first-order chi connectivity index (χ1) is 12.9. The fraction of sp³-hybridized carbons (Fsp3) is 0.400. The smallest absolute Gasteiger partial charge is 0.263 e. The van der Waals surface area contributed by atoms with E-state index in [1.807, 2.05) is 4.90 Å². The molecule has 1 aromatic carbocycles. The number of hydrogen-bond acceptors (Lipinski definition) is 3. The van der Waals surface area contributed by atoms with Crippen molar-refractivity contribution >= 4 is 40.4 Å². The minimum atomic E-state index is -0.315. The van der Waals surface area contributed by atoms with E-state index in [0.717, 1.165) is 25.8 Å². The van der Waals surface area contributed by atoms with Gasteiger partial charge in [0.1, 0.15) is 5.82 Å². The molecule has 1 aliphatic heterocycles. The lowest BCUT2D eigenvalue weighted by Crippen LogP contribution is -2.39. The summed E-state index contributed by atoms with van der Waals surface area (Å²) in [5.74, 6) is -0.0797. The summed E-state index contributed by atoms with van der Waals surface area (Å²) in [5.41, 5.74) is 1.34. The Kier molecular flexibility index (Phi) is 6.50. The number of benzene rings is 1. The van der Waals surface area contributed by atoms with E-state index in [1.165, 1.54) is 23.5 Å². The van der Waals surface area contributed by atoms with Crippen LogP contribution in [0.5, 0.6) is 0 Å². The van der Waals surface area contributed by atoms with Gasteiger partial charge in [-0.25, -0.2) is 4.39 Å². The zero-order valence-electron chi connectivity index (χ0n) is 15.1. The molecule has 2 amide bonds. The van der Waals surface area contributed by atoms with Crippen LogP contribution < -0.4 is 5.32 Å². The van der Waals surface area contributed by atoms with E-state index in [2.05, 4.69) is 5.32 Å². The highest BCUT2D eigenvalue weighted by Crippen LogP contribution is 2.27. The SMILES string of the molecule is Cc1cc(F)ccc1NC(=O)CC[C@@H]1CCCN(C(=O)c2ccc(Cl)s2)C1. The monoisotopic (exact) mass is 408 g/mol. The Balaban J connectivity index is 1.50. The Morgan fingerprint density at radius 1 is 1.33 bits per heavy atom. The second kappa shape index (κ2) is 8.85. The van der Waals surface area contributed by atoms with E-state index in [4.69, 9.17) is 11.6 Å². The van der Waals surface area contributed by atoms with Crippen molar-refractivity contribution in [1.29, 1.82) is 0 Å². The minimum absolute atomic E-state index is 0.0167. The normalized spacial score (nSPS) is 17.0. The number of nitrogens with zero attached hydrogens (tertiary/aromatic N) is 1. The van der Waals surface area contributed by atoms with Crippen LogP contribution in [0.3, 0.4) is 0 Å². The molecule has 1 atom stereocenters. The number of carbonyl (C=O) groups is 2. The first-order valence-electron chi connectivity index (χ1n) is 9.03. The summed E-state index contributed by atoms with van der Waals surface area (Å²) in [6.07, 6.45) is 3.06. The van der Waals surface area contributed by atoms with E-state index in [9.17, 15) is 14.0 Å². The van der Waals surface area contributed by atoms with Crippen LogP contribution in [0, 0.1) is 18.7 Å². The lowest BCUT2D eigenvalue weighted by Gasteiger charge is -2.32. The molecule has 0 aliphatic carbocycles. The molecule has 27 heavy (non-hydrogen) atoms. The zero-order chi connectivity index (χ0) is 19.4. The summed E-state index contributed by atoms with van der Waals surface area (Å²) in [5, 5.41) is 2.84. The van der Waals surface area contributed by atoms with Crippen molar-refractivity contribution in [3.63, 3.8) is 0 Å². The van der Waals surface area contributed by atoms with Gasteiger partial charge in [-0.1, -0.05) is 11.6 Å². The van der Waals surface area contributed by atoms with Gasteiger partial charge in [-0.15, -0.1) is 11.3 Å². The maximum absolute atomic E-state index is 13.2. The number of aryl methyl sites for hydroxylation is 1. The molecular formula is C20H22ClFN2O2S. The number of piperidine rings is 1. The molecule has 0 spiro atoms. The molecule has 7 heteroatoms. The Hall–Kier alpha value is -1.92. The van der Waals surface area contributed by atoms with Gasteiger partial charge >= 0.3 is 0 Å². The van der Waals surface area contributed by atoms with Gasteiger partial charge in [0.15, 0.2) is 0 Å². The number of thiophene rings is 1. The molecule has 0 saturated carbocycles. The average molecular weight is 409 g/mol. The Morgan fingerprint density at radius 2 is 2.15 bits per heavy atom. The van der Waals surface area contributed by atoms with Gasteiger partial charge in [-0.05, 0) is 68.0 Å². The molecule has 4 nitrogen and oxygen atoms in total. The predicted molar refractivity (Wildman–Crippen MR) is 107 cm³/mol. The van der Waals surface area contributed by atoms with Crippen molar-refractivity contribution in [3.05, 3.63) is 50.9 Å². The second-order valence-corrected chi connectivity index (χ2v) is 8.62. The Bertz CT molecular complexity index is 839. The van der Waals surface area contributed by atoms with Crippen molar-refractivity contribution in [1.82, 2.24) is 4.90 Å². The van der Waals surface area contributed by atoms with E-state index < -0.39 is 0 Å². The summed E-state index contributed by atoms with van der Waals surface area (Å²) in [7, 11) is 0. The molecule has 1 fully saturated rings. The summed E-state index contributed by atoms with van der Waals surface area (Å²) < 4.78 is 13.8. The summed E-state index contributed by atoms with van der Waals surface area (Å²) in [4.78, 5) is 27.3. The second-order valence-electron chi connectivity index (χ2n) is 6.91. The maximum atomic E-state index is 13.2. The molecule has 1 saturated heterocycles. The largest absolute Gasteiger partial charge is 0.338 e. The minimum Gasteiger partial charge on any atom is -0.338 e. The topological polar surface area (TPSA) is 49.4 Å². The van der Waals surface area contributed by atoms with Gasteiger partial charge in [0, 0.05) is 25.2 Å². The Morgan fingerprint density at radius 3 is 2.85 bits per heavy atom. The third-order valence-electron chi connectivity index (χ3n) is 4.83. The summed E-state index contributed by atoms with van der Waals surface area (Å²) >= 11 is 7.22. The van der Waals surface area contributed by atoms with Crippen molar-refractivity contribution in [2.24, 2.45) is 5.92 Å². The van der Waals surface area contributed by atoms with Gasteiger partial charge in [0.05, 0.1) is 9.21 Å². The number of amides is 2. The fourth-order valence-corrected chi connectivity index (χ4v) is 4.40. The lowest BCUT2D eigenvalue weighted by molar-refractivity contribution is -0.116. The first-order valence-corrected chi connectivity index (χ1v) is 10.2. The molecule has 0 bridgehead atoms. The fourth-order valence-electron chi connectivity index (χ4n) is 3.39. The highest BCUT2D eigenvalue weighted by atomic mass is 35.5. The molecule has 3 rings (SSSR count).